The number of aromatic nitrogens is 1. The number of carbonyl (C=O) groups excluding carboxylic acids is 1. The maximum absolute atomic E-state index is 12.5. The Hall–Kier alpha value is -2.04. The van der Waals surface area contributed by atoms with Crippen molar-refractivity contribution in [3.8, 4) is 5.69 Å². The van der Waals surface area contributed by atoms with Gasteiger partial charge in [-0.25, -0.2) is 0 Å². The summed E-state index contributed by atoms with van der Waals surface area (Å²) in [5.74, 6) is -0.000265. The van der Waals surface area contributed by atoms with E-state index in [0.29, 0.717) is 6.54 Å². The fraction of sp³-hybridized carbons (Fsp3) is 0.316. The summed E-state index contributed by atoms with van der Waals surface area (Å²) < 4.78 is 2.12. The second-order valence-electron chi connectivity index (χ2n) is 5.95. The standard InChI is InChI=1S/C19H23N3O.ClH/c1-14-12-18(15(2)22(14)17-6-4-3-5-7-17)19(23)21-13-16-8-10-20-11-9-16;/h3-8,12,20H,9-11,13H2,1-2H3,(H,21,23);1H. The smallest absolute Gasteiger partial charge is 0.253 e. The molecule has 1 aliphatic rings. The Labute approximate surface area is 149 Å². The Morgan fingerprint density at radius 2 is 2.00 bits per heavy atom. The molecule has 5 heteroatoms. The van der Waals surface area contributed by atoms with Crippen LogP contribution in [0.3, 0.4) is 0 Å². The molecule has 1 aromatic carbocycles. The zero-order chi connectivity index (χ0) is 16.2. The van der Waals surface area contributed by atoms with Gasteiger partial charge in [0.1, 0.15) is 0 Å². The summed E-state index contributed by atoms with van der Waals surface area (Å²) in [5.41, 5.74) is 5.18. The van der Waals surface area contributed by atoms with Gasteiger partial charge in [-0.1, -0.05) is 29.8 Å². The lowest BCUT2D eigenvalue weighted by atomic mass is 10.1. The first-order valence-electron chi connectivity index (χ1n) is 8.08. The second-order valence-corrected chi connectivity index (χ2v) is 5.95. The Bertz CT molecular complexity index is 735. The highest BCUT2D eigenvalue weighted by molar-refractivity contribution is 5.96. The van der Waals surface area contributed by atoms with Crippen molar-refractivity contribution in [2.75, 3.05) is 19.6 Å². The van der Waals surface area contributed by atoms with Crippen LogP contribution in [-0.4, -0.2) is 30.1 Å². The average Bonchev–Trinajstić information content (AvgIpc) is 2.89. The quantitative estimate of drug-likeness (QED) is 0.836. The summed E-state index contributed by atoms with van der Waals surface area (Å²) in [6, 6.07) is 12.1. The van der Waals surface area contributed by atoms with Gasteiger partial charge in [0, 0.05) is 30.2 Å². The van der Waals surface area contributed by atoms with Crippen molar-refractivity contribution in [2.45, 2.75) is 20.3 Å². The molecule has 2 N–H and O–H groups in total. The van der Waals surface area contributed by atoms with E-state index in [2.05, 4.69) is 33.4 Å². The lowest BCUT2D eigenvalue weighted by Crippen LogP contribution is -2.29. The minimum Gasteiger partial charge on any atom is -0.348 e. The van der Waals surface area contributed by atoms with Gasteiger partial charge >= 0.3 is 0 Å². The Balaban J connectivity index is 0.00000208. The van der Waals surface area contributed by atoms with Gasteiger partial charge in [0.2, 0.25) is 0 Å². The molecule has 0 saturated heterocycles. The van der Waals surface area contributed by atoms with E-state index in [1.165, 1.54) is 5.57 Å². The number of aryl methyl sites for hydroxylation is 1. The van der Waals surface area contributed by atoms with Crippen LogP contribution in [0, 0.1) is 13.8 Å². The van der Waals surface area contributed by atoms with Crippen LogP contribution >= 0.6 is 12.4 Å². The highest BCUT2D eigenvalue weighted by Gasteiger charge is 2.16. The van der Waals surface area contributed by atoms with Crippen LogP contribution in [0.2, 0.25) is 0 Å². The van der Waals surface area contributed by atoms with Gasteiger partial charge < -0.3 is 15.2 Å². The van der Waals surface area contributed by atoms with Crippen molar-refractivity contribution in [1.29, 1.82) is 0 Å². The fourth-order valence-electron chi connectivity index (χ4n) is 3.09. The van der Waals surface area contributed by atoms with Crippen LogP contribution in [0.5, 0.6) is 0 Å². The van der Waals surface area contributed by atoms with Crippen molar-refractivity contribution in [2.24, 2.45) is 0 Å². The third kappa shape index (κ3) is 3.89. The van der Waals surface area contributed by atoms with Crippen molar-refractivity contribution in [1.82, 2.24) is 15.2 Å². The van der Waals surface area contributed by atoms with Gasteiger partial charge in [0.15, 0.2) is 0 Å². The molecule has 1 aliphatic heterocycles. The first-order chi connectivity index (χ1) is 11.2. The molecule has 0 saturated carbocycles. The second kappa shape index (κ2) is 8.18. The molecule has 2 heterocycles. The largest absolute Gasteiger partial charge is 0.348 e. The highest BCUT2D eigenvalue weighted by atomic mass is 35.5. The third-order valence-electron chi connectivity index (χ3n) is 4.32. The molecule has 1 aromatic heterocycles. The summed E-state index contributed by atoms with van der Waals surface area (Å²) in [6.45, 7) is 6.55. The summed E-state index contributed by atoms with van der Waals surface area (Å²) in [7, 11) is 0. The van der Waals surface area contributed by atoms with E-state index >= 15 is 0 Å². The molecule has 0 atom stereocenters. The summed E-state index contributed by atoms with van der Waals surface area (Å²) in [5, 5.41) is 6.33. The molecule has 3 rings (SSSR count). The van der Waals surface area contributed by atoms with Crippen LogP contribution in [0.1, 0.15) is 28.2 Å². The van der Waals surface area contributed by atoms with E-state index in [0.717, 1.165) is 42.1 Å². The summed E-state index contributed by atoms with van der Waals surface area (Å²) in [6.07, 6.45) is 3.17. The third-order valence-corrected chi connectivity index (χ3v) is 4.32. The number of hydrogen-bond donors (Lipinski definition) is 2. The minimum absolute atomic E-state index is 0. The molecule has 128 valence electrons. The maximum Gasteiger partial charge on any atom is 0.253 e. The SMILES string of the molecule is Cc1cc(C(=O)NCC2=CCNCC2)c(C)n1-c1ccccc1.Cl. The zero-order valence-electron chi connectivity index (χ0n) is 14.1. The van der Waals surface area contributed by atoms with E-state index in [1.54, 1.807) is 0 Å². The number of halogens is 1. The first-order valence-corrected chi connectivity index (χ1v) is 8.08. The predicted octanol–water partition coefficient (Wildman–Crippen LogP) is 3.17. The normalized spacial score (nSPS) is 13.8. The molecule has 0 bridgehead atoms. The molecule has 1 amide bonds. The van der Waals surface area contributed by atoms with Gasteiger partial charge in [0.05, 0.1) is 5.56 Å². The molecule has 2 aromatic rings. The highest BCUT2D eigenvalue weighted by Crippen LogP contribution is 2.20. The molecule has 0 spiro atoms. The lowest BCUT2D eigenvalue weighted by Gasteiger charge is -2.14. The molecule has 4 nitrogen and oxygen atoms in total. The molecule has 0 unspecified atom stereocenters. The Kier molecular flexibility index (Phi) is 6.23. The summed E-state index contributed by atoms with van der Waals surface area (Å²) >= 11 is 0. The predicted molar refractivity (Wildman–Crippen MR) is 100 cm³/mol. The number of benzene rings is 1. The van der Waals surface area contributed by atoms with E-state index in [1.807, 2.05) is 38.1 Å². The van der Waals surface area contributed by atoms with Gasteiger partial charge in [-0.2, -0.15) is 0 Å². The number of para-hydroxylation sites is 1. The van der Waals surface area contributed by atoms with Crippen LogP contribution in [0.15, 0.2) is 48.0 Å². The number of hydrogen-bond acceptors (Lipinski definition) is 2. The number of nitrogens with zero attached hydrogens (tertiary/aromatic N) is 1. The first kappa shape index (κ1) is 18.3. The van der Waals surface area contributed by atoms with Crippen molar-refractivity contribution in [3.63, 3.8) is 0 Å². The van der Waals surface area contributed by atoms with E-state index in [9.17, 15) is 4.79 Å². The Morgan fingerprint density at radius 3 is 2.67 bits per heavy atom. The number of amides is 1. The lowest BCUT2D eigenvalue weighted by molar-refractivity contribution is 0.0956. The molecular formula is C19H24ClN3O. The average molecular weight is 346 g/mol. The molecular weight excluding hydrogens is 322 g/mol. The van der Waals surface area contributed by atoms with E-state index in [4.69, 9.17) is 0 Å². The van der Waals surface area contributed by atoms with Crippen LogP contribution in [0.4, 0.5) is 0 Å². The fourth-order valence-corrected chi connectivity index (χ4v) is 3.09. The van der Waals surface area contributed by atoms with Gasteiger partial charge in [-0.05, 0) is 45.0 Å². The van der Waals surface area contributed by atoms with Crippen molar-refractivity contribution in [3.05, 3.63) is 65.0 Å². The number of carbonyl (C=O) groups is 1. The molecule has 0 fully saturated rings. The van der Waals surface area contributed by atoms with Crippen LogP contribution < -0.4 is 10.6 Å². The van der Waals surface area contributed by atoms with Gasteiger partial charge in [-0.3, -0.25) is 4.79 Å². The molecule has 0 aliphatic carbocycles. The minimum atomic E-state index is -0.000265. The van der Waals surface area contributed by atoms with Gasteiger partial charge in [-0.15, -0.1) is 12.4 Å². The van der Waals surface area contributed by atoms with Crippen LogP contribution in [-0.2, 0) is 0 Å². The van der Waals surface area contributed by atoms with Crippen molar-refractivity contribution < 1.29 is 4.79 Å². The Morgan fingerprint density at radius 1 is 1.25 bits per heavy atom. The van der Waals surface area contributed by atoms with Crippen molar-refractivity contribution >= 4 is 18.3 Å². The topological polar surface area (TPSA) is 46.1 Å². The maximum atomic E-state index is 12.5. The number of nitrogens with one attached hydrogen (secondary N) is 2. The molecule has 0 radical (unpaired) electrons. The molecule has 24 heavy (non-hydrogen) atoms. The monoisotopic (exact) mass is 345 g/mol. The zero-order valence-corrected chi connectivity index (χ0v) is 15.0. The van der Waals surface area contributed by atoms with E-state index < -0.39 is 0 Å². The summed E-state index contributed by atoms with van der Waals surface area (Å²) in [4.78, 5) is 12.5. The number of rotatable bonds is 4. The van der Waals surface area contributed by atoms with Gasteiger partial charge in [0.25, 0.3) is 5.91 Å². The van der Waals surface area contributed by atoms with Crippen LogP contribution in [0.25, 0.3) is 5.69 Å². The van der Waals surface area contributed by atoms with E-state index in [-0.39, 0.29) is 18.3 Å².